The Morgan fingerprint density at radius 3 is 2.29 bits per heavy atom. The van der Waals surface area contributed by atoms with Gasteiger partial charge in [-0.25, -0.2) is 0 Å². The summed E-state index contributed by atoms with van der Waals surface area (Å²) >= 11 is 0. The van der Waals surface area contributed by atoms with Gasteiger partial charge < -0.3 is 15.2 Å². The number of rotatable bonds is 4. The number of carbonyl (C=O) groups is 1. The van der Waals surface area contributed by atoms with Gasteiger partial charge >= 0.3 is 5.97 Å². The molecule has 1 atom stereocenters. The molecule has 4 nitrogen and oxygen atoms in total. The van der Waals surface area contributed by atoms with Crippen LogP contribution in [0, 0.1) is 0 Å². The molecule has 0 aliphatic rings. The molecule has 0 aliphatic heterocycles. The molecule has 0 heterocycles. The molecular formula is C17H27NO3. The van der Waals surface area contributed by atoms with Gasteiger partial charge in [-0.2, -0.15) is 0 Å². The van der Waals surface area contributed by atoms with Gasteiger partial charge in [-0.15, -0.1) is 0 Å². The minimum atomic E-state index is -0.492. The molecule has 0 saturated heterocycles. The summed E-state index contributed by atoms with van der Waals surface area (Å²) in [6.45, 7) is 11.5. The van der Waals surface area contributed by atoms with Gasteiger partial charge in [-0.05, 0) is 59.2 Å². The highest BCUT2D eigenvalue weighted by Gasteiger charge is 2.20. The van der Waals surface area contributed by atoms with E-state index in [1.165, 1.54) is 0 Å². The molecule has 0 fully saturated rings. The van der Waals surface area contributed by atoms with Crippen LogP contribution in [-0.4, -0.2) is 17.2 Å². The van der Waals surface area contributed by atoms with Crippen molar-refractivity contribution < 1.29 is 14.3 Å². The summed E-state index contributed by atoms with van der Waals surface area (Å²) in [5.74, 6) is 0.455. The average Bonchev–Trinajstić information content (AvgIpc) is 2.23. The summed E-state index contributed by atoms with van der Waals surface area (Å²) in [5.41, 5.74) is 6.19. The highest BCUT2D eigenvalue weighted by molar-refractivity contribution is 5.71. The molecular weight excluding hydrogens is 266 g/mol. The summed E-state index contributed by atoms with van der Waals surface area (Å²) in [7, 11) is 0. The number of carbonyl (C=O) groups excluding carboxylic acids is 1. The lowest BCUT2D eigenvalue weighted by molar-refractivity contribution is -0.155. The van der Waals surface area contributed by atoms with Crippen LogP contribution in [0.3, 0.4) is 0 Å². The number of ether oxygens (including phenoxy) is 2. The summed E-state index contributed by atoms with van der Waals surface area (Å²) in [6.07, 6.45) is 0.149. The zero-order valence-corrected chi connectivity index (χ0v) is 13.9. The molecule has 0 bridgehead atoms. The molecule has 4 heteroatoms. The number of hydrogen-bond acceptors (Lipinski definition) is 4. The van der Waals surface area contributed by atoms with Gasteiger partial charge in [0, 0.05) is 6.04 Å². The Hall–Kier alpha value is -1.55. The van der Waals surface area contributed by atoms with Crippen LogP contribution in [0.4, 0.5) is 0 Å². The second-order valence-corrected chi connectivity index (χ2v) is 7.18. The Kier molecular flexibility index (Phi) is 5.40. The first-order valence-electron chi connectivity index (χ1n) is 7.23. The zero-order valence-electron chi connectivity index (χ0n) is 13.9. The van der Waals surface area contributed by atoms with Crippen LogP contribution < -0.4 is 10.5 Å². The van der Waals surface area contributed by atoms with Gasteiger partial charge in [0.1, 0.15) is 17.0 Å². The van der Waals surface area contributed by atoms with Gasteiger partial charge in [0.2, 0.25) is 0 Å². The lowest BCUT2D eigenvalue weighted by Gasteiger charge is -2.23. The van der Waals surface area contributed by atoms with E-state index in [1.807, 2.05) is 65.8 Å². The van der Waals surface area contributed by atoms with Gasteiger partial charge in [0.15, 0.2) is 0 Å². The van der Waals surface area contributed by atoms with Gasteiger partial charge in [-0.1, -0.05) is 12.1 Å². The fourth-order valence-corrected chi connectivity index (χ4v) is 1.84. The van der Waals surface area contributed by atoms with Crippen molar-refractivity contribution >= 4 is 5.97 Å². The van der Waals surface area contributed by atoms with E-state index in [1.54, 1.807) is 0 Å². The normalized spacial score (nSPS) is 13.7. The van der Waals surface area contributed by atoms with Crippen molar-refractivity contribution in [3.63, 3.8) is 0 Å². The number of hydrogen-bond donors (Lipinski definition) is 1. The highest BCUT2D eigenvalue weighted by atomic mass is 16.6. The SMILES string of the molecule is CC(C)(C)OC(=O)CC(N)c1cccc(OC(C)(C)C)c1. The minimum Gasteiger partial charge on any atom is -0.488 e. The lowest BCUT2D eigenvalue weighted by Crippen LogP contribution is -2.26. The largest absolute Gasteiger partial charge is 0.488 e. The van der Waals surface area contributed by atoms with Crippen LogP contribution >= 0.6 is 0 Å². The van der Waals surface area contributed by atoms with E-state index in [9.17, 15) is 4.79 Å². The number of benzene rings is 1. The Balaban J connectivity index is 2.72. The van der Waals surface area contributed by atoms with E-state index in [0.717, 1.165) is 11.3 Å². The van der Waals surface area contributed by atoms with Gasteiger partial charge in [-0.3, -0.25) is 4.79 Å². The van der Waals surface area contributed by atoms with Gasteiger partial charge in [0.05, 0.1) is 6.42 Å². The first-order valence-corrected chi connectivity index (χ1v) is 7.23. The third-order valence-corrected chi connectivity index (χ3v) is 2.52. The van der Waals surface area contributed by atoms with Crippen molar-refractivity contribution in [1.82, 2.24) is 0 Å². The van der Waals surface area contributed by atoms with Crippen LogP contribution in [-0.2, 0) is 9.53 Å². The molecule has 21 heavy (non-hydrogen) atoms. The van der Waals surface area contributed by atoms with Crippen molar-refractivity contribution in [3.8, 4) is 5.75 Å². The molecule has 2 N–H and O–H groups in total. The van der Waals surface area contributed by atoms with E-state index in [4.69, 9.17) is 15.2 Å². The van der Waals surface area contributed by atoms with E-state index in [0.29, 0.717) is 0 Å². The molecule has 118 valence electrons. The van der Waals surface area contributed by atoms with Crippen molar-refractivity contribution in [2.75, 3.05) is 0 Å². The first kappa shape index (κ1) is 17.5. The van der Waals surface area contributed by atoms with Crippen LogP contribution in [0.15, 0.2) is 24.3 Å². The van der Waals surface area contributed by atoms with E-state index in [-0.39, 0.29) is 18.0 Å². The number of nitrogens with two attached hydrogens (primary N) is 1. The summed E-state index contributed by atoms with van der Waals surface area (Å²) in [5, 5.41) is 0. The maximum absolute atomic E-state index is 11.8. The van der Waals surface area contributed by atoms with Crippen molar-refractivity contribution in [2.45, 2.75) is 65.2 Å². The van der Waals surface area contributed by atoms with Crippen molar-refractivity contribution in [1.29, 1.82) is 0 Å². The maximum Gasteiger partial charge on any atom is 0.308 e. The molecule has 0 radical (unpaired) electrons. The van der Waals surface area contributed by atoms with E-state index >= 15 is 0 Å². The molecule has 0 aromatic heterocycles. The zero-order chi connectivity index (χ0) is 16.3. The molecule has 1 unspecified atom stereocenters. The second kappa shape index (κ2) is 6.48. The third-order valence-electron chi connectivity index (χ3n) is 2.52. The second-order valence-electron chi connectivity index (χ2n) is 7.18. The van der Waals surface area contributed by atoms with E-state index in [2.05, 4.69) is 0 Å². The Morgan fingerprint density at radius 2 is 1.76 bits per heavy atom. The molecule has 0 saturated carbocycles. The quantitative estimate of drug-likeness (QED) is 0.862. The Labute approximate surface area is 127 Å². The molecule has 1 rings (SSSR count). The highest BCUT2D eigenvalue weighted by Crippen LogP contribution is 2.24. The standard InChI is InChI=1S/C17H27NO3/c1-16(2,3)20-13-9-7-8-12(10-13)14(18)11-15(19)21-17(4,5)6/h7-10,14H,11,18H2,1-6H3. The molecule has 0 amide bonds. The van der Waals surface area contributed by atoms with Crippen LogP contribution in [0.2, 0.25) is 0 Å². The fraction of sp³-hybridized carbons (Fsp3) is 0.588. The topological polar surface area (TPSA) is 61.5 Å². The summed E-state index contributed by atoms with van der Waals surface area (Å²) in [4.78, 5) is 11.8. The Morgan fingerprint density at radius 1 is 1.14 bits per heavy atom. The van der Waals surface area contributed by atoms with Crippen molar-refractivity contribution in [2.24, 2.45) is 5.73 Å². The predicted octanol–water partition coefficient (Wildman–Crippen LogP) is 3.60. The number of esters is 1. The first-order chi connectivity index (χ1) is 9.46. The molecule has 1 aromatic rings. The molecule has 0 spiro atoms. The monoisotopic (exact) mass is 293 g/mol. The third kappa shape index (κ3) is 7.14. The average molecular weight is 293 g/mol. The molecule has 1 aromatic carbocycles. The van der Waals surface area contributed by atoms with Crippen LogP contribution in [0.5, 0.6) is 5.75 Å². The molecule has 0 aliphatic carbocycles. The smallest absolute Gasteiger partial charge is 0.308 e. The predicted molar refractivity (Wildman–Crippen MR) is 84.2 cm³/mol. The summed E-state index contributed by atoms with van der Waals surface area (Å²) in [6, 6.07) is 7.13. The van der Waals surface area contributed by atoms with Crippen LogP contribution in [0.1, 0.15) is 59.6 Å². The fourth-order valence-electron chi connectivity index (χ4n) is 1.84. The van der Waals surface area contributed by atoms with Gasteiger partial charge in [0.25, 0.3) is 0 Å². The maximum atomic E-state index is 11.8. The van der Waals surface area contributed by atoms with E-state index < -0.39 is 11.6 Å². The minimum absolute atomic E-state index is 0.149. The van der Waals surface area contributed by atoms with Crippen molar-refractivity contribution in [3.05, 3.63) is 29.8 Å². The van der Waals surface area contributed by atoms with Crippen LogP contribution in [0.25, 0.3) is 0 Å². The lowest BCUT2D eigenvalue weighted by atomic mass is 10.0. The summed E-state index contributed by atoms with van der Waals surface area (Å²) < 4.78 is 11.1. The Bertz CT molecular complexity index is 484.